The fourth-order valence-corrected chi connectivity index (χ4v) is 1.80. The van der Waals surface area contributed by atoms with E-state index < -0.39 is 5.97 Å². The lowest BCUT2D eigenvalue weighted by Gasteiger charge is -2.10. The summed E-state index contributed by atoms with van der Waals surface area (Å²) in [5.41, 5.74) is 2.01. The number of carbonyl (C=O) groups is 1. The predicted octanol–water partition coefficient (Wildman–Crippen LogP) is 2.17. The van der Waals surface area contributed by atoms with Crippen LogP contribution in [0.2, 0.25) is 0 Å². The van der Waals surface area contributed by atoms with Gasteiger partial charge >= 0.3 is 5.97 Å². The molecule has 0 saturated carbocycles. The van der Waals surface area contributed by atoms with Crippen LogP contribution in [-0.2, 0) is 17.7 Å². The van der Waals surface area contributed by atoms with Crippen molar-refractivity contribution < 1.29 is 19.2 Å². The zero-order valence-corrected chi connectivity index (χ0v) is 11.1. The first-order valence-electron chi connectivity index (χ1n) is 6.20. The molecule has 0 saturated heterocycles. The number of carboxylic acid groups (broad SMARTS) is 1. The molecule has 0 radical (unpaired) electrons. The molecule has 0 spiro atoms. The van der Waals surface area contributed by atoms with Gasteiger partial charge in [-0.2, -0.15) is 0 Å². The van der Waals surface area contributed by atoms with Crippen molar-refractivity contribution in [3.63, 3.8) is 0 Å². The maximum absolute atomic E-state index is 10.7. The molecule has 6 heteroatoms. The van der Waals surface area contributed by atoms with Gasteiger partial charge < -0.3 is 19.7 Å². The number of methoxy groups -OCH3 is 1. The molecule has 20 heavy (non-hydrogen) atoms. The van der Waals surface area contributed by atoms with Gasteiger partial charge in [-0.15, -0.1) is 0 Å². The minimum Gasteiger partial charge on any atom is -0.476 e. The smallest absolute Gasteiger partial charge is 0.358 e. The van der Waals surface area contributed by atoms with Crippen LogP contribution in [0.1, 0.15) is 21.8 Å². The maximum Gasteiger partial charge on any atom is 0.358 e. The Hall–Kier alpha value is -2.34. The Balaban J connectivity index is 2.00. The van der Waals surface area contributed by atoms with Crippen LogP contribution in [0.5, 0.6) is 0 Å². The van der Waals surface area contributed by atoms with Crippen molar-refractivity contribution in [1.29, 1.82) is 0 Å². The third kappa shape index (κ3) is 3.58. The van der Waals surface area contributed by atoms with Gasteiger partial charge in [0, 0.05) is 18.9 Å². The Morgan fingerprint density at radius 2 is 2.25 bits per heavy atom. The number of hydrogen-bond donors (Lipinski definition) is 2. The number of anilines is 1. The highest BCUT2D eigenvalue weighted by Crippen LogP contribution is 2.17. The van der Waals surface area contributed by atoms with Crippen LogP contribution in [0, 0.1) is 0 Å². The van der Waals surface area contributed by atoms with Crippen molar-refractivity contribution in [2.75, 3.05) is 19.0 Å². The number of rotatable bonds is 7. The van der Waals surface area contributed by atoms with Crippen molar-refractivity contribution in [3.8, 4) is 0 Å². The molecular weight excluding hydrogens is 260 g/mol. The van der Waals surface area contributed by atoms with Gasteiger partial charge in [0.1, 0.15) is 0 Å². The molecule has 2 rings (SSSR count). The molecule has 6 nitrogen and oxygen atoms in total. The second-order valence-corrected chi connectivity index (χ2v) is 4.24. The monoisotopic (exact) mass is 276 g/mol. The Bertz CT molecular complexity index is 580. The summed E-state index contributed by atoms with van der Waals surface area (Å²) in [4.78, 5) is 10.7. The molecule has 2 N–H and O–H groups in total. The molecule has 0 unspecified atom stereocenters. The number of nitrogens with one attached hydrogen (secondary N) is 1. The lowest BCUT2D eigenvalue weighted by Crippen LogP contribution is -2.03. The number of nitrogens with zero attached hydrogens (tertiary/aromatic N) is 1. The van der Waals surface area contributed by atoms with Crippen LogP contribution >= 0.6 is 0 Å². The highest BCUT2D eigenvalue weighted by Gasteiger charge is 2.10. The van der Waals surface area contributed by atoms with E-state index in [4.69, 9.17) is 14.4 Å². The summed E-state index contributed by atoms with van der Waals surface area (Å²) in [7, 11) is 1.66. The Labute approximate surface area is 116 Å². The summed E-state index contributed by atoms with van der Waals surface area (Å²) in [6.07, 6.45) is 0.802. The number of ether oxygens (including phenoxy) is 1. The summed E-state index contributed by atoms with van der Waals surface area (Å²) in [6.45, 7) is 1.02. The Kier molecular flexibility index (Phi) is 4.73. The normalized spacial score (nSPS) is 10.4. The summed E-state index contributed by atoms with van der Waals surface area (Å²) in [5, 5.41) is 15.4. The average molecular weight is 276 g/mol. The van der Waals surface area contributed by atoms with Crippen LogP contribution in [0.15, 0.2) is 34.9 Å². The van der Waals surface area contributed by atoms with Gasteiger partial charge in [0.15, 0.2) is 11.5 Å². The quantitative estimate of drug-likeness (QED) is 0.806. The molecule has 0 aliphatic heterocycles. The lowest BCUT2D eigenvalue weighted by molar-refractivity contribution is 0.0685. The fourth-order valence-electron chi connectivity index (χ4n) is 1.80. The highest BCUT2D eigenvalue weighted by atomic mass is 16.5. The van der Waals surface area contributed by atoms with E-state index >= 15 is 0 Å². The first kappa shape index (κ1) is 14.1. The summed E-state index contributed by atoms with van der Waals surface area (Å²) in [5.74, 6) is -0.621. The topological polar surface area (TPSA) is 84.6 Å². The van der Waals surface area contributed by atoms with Gasteiger partial charge in [-0.1, -0.05) is 23.4 Å². The van der Waals surface area contributed by atoms with Gasteiger partial charge in [-0.25, -0.2) is 4.79 Å². The first-order valence-corrected chi connectivity index (χ1v) is 6.20. The maximum atomic E-state index is 10.7. The lowest BCUT2D eigenvalue weighted by atomic mass is 10.1. The van der Waals surface area contributed by atoms with E-state index in [9.17, 15) is 4.79 Å². The van der Waals surface area contributed by atoms with E-state index in [2.05, 4.69) is 10.5 Å². The Morgan fingerprint density at radius 1 is 1.45 bits per heavy atom. The van der Waals surface area contributed by atoms with E-state index in [0.29, 0.717) is 18.9 Å². The third-order valence-corrected chi connectivity index (χ3v) is 2.82. The number of aromatic nitrogens is 1. The largest absolute Gasteiger partial charge is 0.476 e. The highest BCUT2D eigenvalue weighted by molar-refractivity contribution is 5.85. The number of aromatic carboxylic acids is 1. The second-order valence-electron chi connectivity index (χ2n) is 4.24. The van der Waals surface area contributed by atoms with Gasteiger partial charge in [0.05, 0.1) is 13.2 Å². The molecule has 0 amide bonds. The van der Waals surface area contributed by atoms with Crippen molar-refractivity contribution in [3.05, 3.63) is 47.3 Å². The molecule has 1 aromatic heterocycles. The molecule has 0 atom stereocenters. The number of hydrogen-bond acceptors (Lipinski definition) is 5. The molecule has 0 bridgehead atoms. The van der Waals surface area contributed by atoms with Crippen LogP contribution in [0.3, 0.4) is 0 Å². The standard InChI is InChI=1S/C14H16N2O4/c1-19-7-6-10-4-2-3-5-12(10)15-9-11-8-13(14(17)18)16-20-11/h2-5,8,15H,6-7,9H2,1H3,(H,17,18). The van der Waals surface area contributed by atoms with Crippen molar-refractivity contribution >= 4 is 11.7 Å². The molecule has 1 aromatic carbocycles. The summed E-state index contributed by atoms with van der Waals surface area (Å²) in [6, 6.07) is 9.28. The molecule has 0 aliphatic carbocycles. The van der Waals surface area contributed by atoms with Gasteiger partial charge in [0.25, 0.3) is 0 Å². The predicted molar refractivity (Wildman–Crippen MR) is 72.8 cm³/mol. The number of carboxylic acids is 1. The average Bonchev–Trinajstić information content (AvgIpc) is 2.93. The zero-order valence-electron chi connectivity index (χ0n) is 11.1. The molecular formula is C14H16N2O4. The fraction of sp³-hybridized carbons (Fsp3) is 0.286. The van der Waals surface area contributed by atoms with Crippen LogP contribution in [0.4, 0.5) is 5.69 Å². The Morgan fingerprint density at radius 3 is 2.95 bits per heavy atom. The number of para-hydroxylation sites is 1. The van der Waals surface area contributed by atoms with E-state index in [-0.39, 0.29) is 5.69 Å². The van der Waals surface area contributed by atoms with Gasteiger partial charge in [-0.3, -0.25) is 0 Å². The van der Waals surface area contributed by atoms with Gasteiger partial charge in [0.2, 0.25) is 0 Å². The second kappa shape index (κ2) is 6.72. The van der Waals surface area contributed by atoms with Crippen molar-refractivity contribution in [1.82, 2.24) is 5.16 Å². The van der Waals surface area contributed by atoms with Gasteiger partial charge in [-0.05, 0) is 18.1 Å². The van der Waals surface area contributed by atoms with Crippen molar-refractivity contribution in [2.24, 2.45) is 0 Å². The number of benzene rings is 1. The molecule has 0 aliphatic rings. The van der Waals surface area contributed by atoms with Crippen LogP contribution < -0.4 is 5.32 Å². The zero-order chi connectivity index (χ0) is 14.4. The van der Waals surface area contributed by atoms with E-state index in [1.807, 2.05) is 24.3 Å². The first-order chi connectivity index (χ1) is 9.70. The SMILES string of the molecule is COCCc1ccccc1NCc1cc(C(=O)O)no1. The van der Waals surface area contributed by atoms with Crippen molar-refractivity contribution in [2.45, 2.75) is 13.0 Å². The molecule has 2 aromatic rings. The minimum absolute atomic E-state index is 0.0885. The summed E-state index contributed by atoms with van der Waals surface area (Å²) < 4.78 is 10.0. The minimum atomic E-state index is -1.10. The van der Waals surface area contributed by atoms with Crippen LogP contribution in [-0.4, -0.2) is 29.9 Å². The van der Waals surface area contributed by atoms with Crippen LogP contribution in [0.25, 0.3) is 0 Å². The van der Waals surface area contributed by atoms with E-state index in [1.165, 1.54) is 6.07 Å². The molecule has 106 valence electrons. The molecule has 0 fully saturated rings. The van der Waals surface area contributed by atoms with E-state index in [0.717, 1.165) is 17.7 Å². The van der Waals surface area contributed by atoms with E-state index in [1.54, 1.807) is 7.11 Å². The molecule has 1 heterocycles. The third-order valence-electron chi connectivity index (χ3n) is 2.82. The summed E-state index contributed by atoms with van der Waals surface area (Å²) >= 11 is 0.